The van der Waals surface area contributed by atoms with E-state index in [9.17, 15) is 39.9 Å². The quantitative estimate of drug-likeness (QED) is 0.172. The van der Waals surface area contributed by atoms with E-state index in [0.29, 0.717) is 17.0 Å². The summed E-state index contributed by atoms with van der Waals surface area (Å²) in [5, 5.41) is 57.1. The normalized spacial score (nSPS) is 29.2. The number of hydrogen-bond donors (Lipinski definition) is 6. The fourth-order valence-corrected chi connectivity index (χ4v) is 6.86. The zero-order valence-electron chi connectivity index (χ0n) is 23.1. The third-order valence-electron chi connectivity index (χ3n) is 8.75. The number of primary amides is 1. The number of aliphatic hydroxyl groups is 4. The number of nitrogens with two attached hydrogens (primary N) is 1. The molecule has 6 atom stereocenters. The van der Waals surface area contributed by atoms with Crippen molar-refractivity contribution in [1.29, 1.82) is 0 Å². The monoisotopic (exact) mass is 594 g/mol. The first-order valence-electron chi connectivity index (χ1n) is 13.3. The van der Waals surface area contributed by atoms with Gasteiger partial charge in [-0.05, 0) is 36.7 Å². The number of ketones is 2. The van der Waals surface area contributed by atoms with E-state index in [-0.39, 0.29) is 11.3 Å². The van der Waals surface area contributed by atoms with Gasteiger partial charge in [-0.15, -0.1) is 11.6 Å². The van der Waals surface area contributed by atoms with Crippen LogP contribution in [0.1, 0.15) is 45.5 Å². The summed E-state index contributed by atoms with van der Waals surface area (Å²) in [6, 6.07) is 9.38. The molecular formula is C31H31ClN2O8. The molecule has 0 aliphatic heterocycles. The Morgan fingerprint density at radius 1 is 1.07 bits per heavy atom. The Labute approximate surface area is 246 Å². The molecule has 0 heterocycles. The Morgan fingerprint density at radius 2 is 1.71 bits per heavy atom. The summed E-state index contributed by atoms with van der Waals surface area (Å²) in [6.07, 6.45) is 1.71. The number of fused-ring (bicyclic) bond motifs is 3. The van der Waals surface area contributed by atoms with Gasteiger partial charge in [0, 0.05) is 22.9 Å². The third kappa shape index (κ3) is 4.09. The molecule has 3 aliphatic carbocycles. The Balaban J connectivity index is 1.66. The summed E-state index contributed by atoms with van der Waals surface area (Å²) in [5.41, 5.74) is 3.32. The minimum absolute atomic E-state index is 0.143. The van der Waals surface area contributed by atoms with E-state index in [0.717, 1.165) is 11.1 Å². The van der Waals surface area contributed by atoms with Gasteiger partial charge in [-0.3, -0.25) is 19.3 Å². The molecule has 1 amide bonds. The zero-order valence-corrected chi connectivity index (χ0v) is 23.8. The number of alkyl halides is 1. The highest BCUT2D eigenvalue weighted by molar-refractivity contribution is 6.25. The van der Waals surface area contributed by atoms with E-state index in [2.05, 4.69) is 0 Å². The second-order valence-electron chi connectivity index (χ2n) is 11.2. The molecule has 2 aromatic carbocycles. The van der Waals surface area contributed by atoms with E-state index in [1.165, 1.54) is 19.0 Å². The lowest BCUT2D eigenvalue weighted by Gasteiger charge is -2.53. The molecule has 0 fully saturated rings. The van der Waals surface area contributed by atoms with Gasteiger partial charge in [0.05, 0.1) is 23.6 Å². The summed E-state index contributed by atoms with van der Waals surface area (Å²) < 4.78 is 0. The molecule has 0 aromatic heterocycles. The van der Waals surface area contributed by atoms with Gasteiger partial charge in [0.1, 0.15) is 22.8 Å². The van der Waals surface area contributed by atoms with Gasteiger partial charge in [0.2, 0.25) is 5.78 Å². The molecule has 7 N–H and O–H groups in total. The van der Waals surface area contributed by atoms with E-state index in [1.807, 2.05) is 24.3 Å². The van der Waals surface area contributed by atoms with Crippen molar-refractivity contribution in [2.75, 3.05) is 14.1 Å². The molecule has 0 bridgehead atoms. The first kappa shape index (κ1) is 29.5. The summed E-state index contributed by atoms with van der Waals surface area (Å²) in [5.74, 6) is -8.81. The lowest BCUT2D eigenvalue weighted by atomic mass is 9.55. The van der Waals surface area contributed by atoms with Gasteiger partial charge in [0.15, 0.2) is 11.4 Å². The molecule has 220 valence electrons. The Bertz CT molecular complexity index is 1610. The Kier molecular flexibility index (Phi) is 7.31. The first-order valence-corrected chi connectivity index (χ1v) is 13.8. The minimum Gasteiger partial charge on any atom is -0.510 e. The second kappa shape index (κ2) is 10.4. The predicted molar refractivity (Wildman–Crippen MR) is 155 cm³/mol. The maximum atomic E-state index is 14.0. The van der Waals surface area contributed by atoms with Crippen LogP contribution < -0.4 is 5.73 Å². The number of likely N-dealkylation sites (N-methyl/N-ethyl adjacent to an activating group) is 1. The van der Waals surface area contributed by atoms with Crippen molar-refractivity contribution >= 4 is 41.2 Å². The standard InChI is InChI=1S/C31H31ClN2O8/c1-13-17-11-10-16(9-8-14-4-6-15(12-32)7-5-14)24(35)19(17)25(36)20-18(13)26(37)22-23(34(2)3)27(38)21(30(33)41)29(40)31(22,42)28(20)39/h4-11,13,18,22-23,26,35,37-39,42H,12H2,1-3H3,(H2,33,41)/b9-8+/t13-,18+,22+,23-,26-,31-/m0/s1. The number of hydrogen-bond acceptors (Lipinski definition) is 9. The van der Waals surface area contributed by atoms with Crippen LogP contribution >= 0.6 is 11.6 Å². The molecule has 0 radical (unpaired) electrons. The average Bonchev–Trinajstić information content (AvgIpc) is 2.94. The number of benzene rings is 2. The van der Waals surface area contributed by atoms with E-state index >= 15 is 0 Å². The van der Waals surface area contributed by atoms with E-state index < -0.39 is 75.6 Å². The maximum Gasteiger partial charge on any atom is 0.255 e. The summed E-state index contributed by atoms with van der Waals surface area (Å²) in [4.78, 5) is 41.0. The molecule has 5 rings (SSSR count). The molecule has 10 nitrogen and oxygen atoms in total. The van der Waals surface area contributed by atoms with Gasteiger partial charge < -0.3 is 31.3 Å². The van der Waals surface area contributed by atoms with Crippen molar-refractivity contribution in [2.24, 2.45) is 17.6 Å². The molecule has 0 saturated carbocycles. The number of phenolic OH excluding ortho intramolecular Hbond substituents is 1. The van der Waals surface area contributed by atoms with Crippen LogP contribution in [-0.4, -0.2) is 79.7 Å². The van der Waals surface area contributed by atoms with Crippen LogP contribution in [0.4, 0.5) is 0 Å². The molecular weight excluding hydrogens is 564 g/mol. The van der Waals surface area contributed by atoms with Crippen molar-refractivity contribution in [3.05, 3.63) is 86.9 Å². The first-order chi connectivity index (χ1) is 19.8. The van der Waals surface area contributed by atoms with E-state index in [1.54, 1.807) is 31.2 Å². The van der Waals surface area contributed by atoms with Gasteiger partial charge in [-0.2, -0.15) is 0 Å². The lowest BCUT2D eigenvalue weighted by Crippen LogP contribution is -2.68. The highest BCUT2D eigenvalue weighted by atomic mass is 35.5. The van der Waals surface area contributed by atoms with Gasteiger partial charge in [-0.25, -0.2) is 0 Å². The van der Waals surface area contributed by atoms with Crippen molar-refractivity contribution in [3.8, 4) is 5.75 Å². The van der Waals surface area contributed by atoms with E-state index in [4.69, 9.17) is 17.3 Å². The lowest BCUT2D eigenvalue weighted by molar-refractivity contribution is -0.162. The number of halogens is 1. The fraction of sp³-hybridized carbons (Fsp3) is 0.323. The molecule has 42 heavy (non-hydrogen) atoms. The summed E-state index contributed by atoms with van der Waals surface area (Å²) in [6.45, 7) is 1.68. The van der Waals surface area contributed by atoms with Crippen molar-refractivity contribution < 1.29 is 39.9 Å². The Hall–Kier alpha value is -3.96. The molecule has 0 saturated heterocycles. The number of rotatable bonds is 5. The number of carbonyl (C=O) groups is 3. The molecule has 3 aliphatic rings. The van der Waals surface area contributed by atoms with Gasteiger partial charge in [-0.1, -0.05) is 55.5 Å². The zero-order chi connectivity index (χ0) is 30.8. The second-order valence-corrected chi connectivity index (χ2v) is 11.5. The van der Waals surface area contributed by atoms with Crippen LogP contribution in [0.25, 0.3) is 12.2 Å². The number of amides is 1. The van der Waals surface area contributed by atoms with Crippen molar-refractivity contribution in [3.63, 3.8) is 0 Å². The number of aliphatic hydroxyl groups excluding tert-OH is 3. The largest absolute Gasteiger partial charge is 0.510 e. The van der Waals surface area contributed by atoms with Gasteiger partial charge in [0.25, 0.3) is 5.91 Å². The molecule has 11 heteroatoms. The maximum absolute atomic E-state index is 14.0. The smallest absolute Gasteiger partial charge is 0.255 e. The van der Waals surface area contributed by atoms with Crippen molar-refractivity contribution in [1.82, 2.24) is 4.90 Å². The van der Waals surface area contributed by atoms with Crippen LogP contribution in [0.3, 0.4) is 0 Å². The van der Waals surface area contributed by atoms with Gasteiger partial charge >= 0.3 is 0 Å². The topological polar surface area (TPSA) is 182 Å². The van der Waals surface area contributed by atoms with Crippen molar-refractivity contribution in [2.45, 2.75) is 36.5 Å². The number of Topliss-reactive ketones (excluding diaryl/α,β-unsaturated/α-hetero) is 2. The summed E-state index contributed by atoms with van der Waals surface area (Å²) in [7, 11) is 2.98. The van der Waals surface area contributed by atoms with Crippen LogP contribution in [0.15, 0.2) is 59.1 Å². The number of phenols is 1. The average molecular weight is 595 g/mol. The minimum atomic E-state index is -2.95. The van der Waals surface area contributed by atoms with Crippen LogP contribution in [0.5, 0.6) is 5.75 Å². The highest BCUT2D eigenvalue weighted by Crippen LogP contribution is 2.55. The molecule has 0 spiro atoms. The summed E-state index contributed by atoms with van der Waals surface area (Å²) >= 11 is 5.85. The van der Waals surface area contributed by atoms with Crippen LogP contribution in [0, 0.1) is 11.8 Å². The molecule has 2 aromatic rings. The highest BCUT2D eigenvalue weighted by Gasteiger charge is 2.67. The fourth-order valence-electron chi connectivity index (χ4n) is 6.68. The van der Waals surface area contributed by atoms with Crippen LogP contribution in [0.2, 0.25) is 0 Å². The predicted octanol–water partition coefficient (Wildman–Crippen LogP) is 2.56. The number of nitrogens with zero attached hydrogens (tertiary/aromatic N) is 1. The number of carbonyl (C=O) groups excluding carboxylic acids is 3. The third-order valence-corrected chi connectivity index (χ3v) is 9.06. The van der Waals surface area contributed by atoms with Crippen LogP contribution in [-0.2, 0) is 15.5 Å². The number of aromatic hydroxyl groups is 1. The molecule has 0 unspecified atom stereocenters. The SMILES string of the molecule is C[C@H]1c2ccc(/C=C/c3ccc(CCl)cc3)c(O)c2C(=O)C2=C(O)[C@]3(O)C(=O)C(C(N)=O)=C(O)[C@@H](N(C)C)[C@@H]3[C@@H](O)[C@@H]21. The Morgan fingerprint density at radius 3 is 2.29 bits per heavy atom.